The summed E-state index contributed by atoms with van der Waals surface area (Å²) < 4.78 is 5.60. The van der Waals surface area contributed by atoms with Gasteiger partial charge in [0, 0.05) is 10.3 Å². The van der Waals surface area contributed by atoms with Crippen molar-refractivity contribution in [3.05, 3.63) is 51.7 Å². The van der Waals surface area contributed by atoms with E-state index in [4.69, 9.17) is 4.42 Å². The minimum atomic E-state index is -0.0447. The summed E-state index contributed by atoms with van der Waals surface area (Å²) in [6.07, 6.45) is 0. The zero-order valence-corrected chi connectivity index (χ0v) is 16.3. The number of thiazole rings is 1. The highest BCUT2D eigenvalue weighted by Gasteiger charge is 2.10. The molecule has 0 radical (unpaired) electrons. The van der Waals surface area contributed by atoms with Gasteiger partial charge in [0.25, 0.3) is 5.22 Å². The van der Waals surface area contributed by atoms with Crippen LogP contribution >= 0.6 is 34.4 Å². The van der Waals surface area contributed by atoms with Gasteiger partial charge in [0.1, 0.15) is 5.52 Å². The highest BCUT2D eigenvalue weighted by atomic mass is 32.2. The predicted octanol–water partition coefficient (Wildman–Crippen LogP) is 4.73. The molecule has 3 aromatic heterocycles. The second-order valence-electron chi connectivity index (χ2n) is 5.53. The van der Waals surface area contributed by atoms with Crippen LogP contribution in [0.1, 0.15) is 9.88 Å². The largest absolute Gasteiger partial charge is 0.431 e. The van der Waals surface area contributed by atoms with Crippen molar-refractivity contribution in [2.24, 2.45) is 0 Å². The third-order valence-corrected chi connectivity index (χ3v) is 6.30. The number of aryl methyl sites for hydroxylation is 1. The molecule has 0 fully saturated rings. The van der Waals surface area contributed by atoms with Crippen LogP contribution in [0.15, 0.2) is 51.4 Å². The van der Waals surface area contributed by atoms with Crippen LogP contribution in [0.25, 0.3) is 21.7 Å². The van der Waals surface area contributed by atoms with Crippen LogP contribution in [-0.4, -0.2) is 21.6 Å². The molecule has 1 N–H and O–H groups in total. The number of benzene rings is 1. The van der Waals surface area contributed by atoms with E-state index in [-0.39, 0.29) is 11.7 Å². The van der Waals surface area contributed by atoms with Crippen LogP contribution in [0.2, 0.25) is 0 Å². The molecule has 26 heavy (non-hydrogen) atoms. The molecular formula is C18H15N3O2S3. The predicted molar refractivity (Wildman–Crippen MR) is 107 cm³/mol. The first kappa shape index (κ1) is 17.3. The van der Waals surface area contributed by atoms with Crippen molar-refractivity contribution < 1.29 is 9.21 Å². The van der Waals surface area contributed by atoms with Crippen LogP contribution in [0, 0.1) is 6.92 Å². The van der Waals surface area contributed by atoms with Gasteiger partial charge in [-0.05, 0) is 31.2 Å². The summed E-state index contributed by atoms with van der Waals surface area (Å²) in [6.45, 7) is 2.51. The lowest BCUT2D eigenvalue weighted by Gasteiger charge is -2.01. The number of nitrogens with one attached hydrogen (secondary N) is 1. The van der Waals surface area contributed by atoms with E-state index in [1.54, 1.807) is 22.7 Å². The van der Waals surface area contributed by atoms with Gasteiger partial charge in [-0.25, -0.2) is 9.97 Å². The molecule has 0 atom stereocenters. The smallest absolute Gasteiger partial charge is 0.257 e. The number of oxazole rings is 1. The first-order chi connectivity index (χ1) is 12.7. The zero-order chi connectivity index (χ0) is 17.9. The van der Waals surface area contributed by atoms with E-state index in [0.29, 0.717) is 11.8 Å². The standard InChI is InChI=1S/C18H15N3O2S3/c1-11-20-14(9-24-11)16-7-6-12(26-16)8-19-17(22)10-25-18-21-13-4-2-3-5-15(13)23-18/h2-7,9H,8,10H2,1H3,(H,19,22). The molecule has 0 aliphatic rings. The van der Waals surface area contributed by atoms with E-state index in [9.17, 15) is 4.79 Å². The Balaban J connectivity index is 1.29. The van der Waals surface area contributed by atoms with Gasteiger partial charge in [0.2, 0.25) is 5.91 Å². The van der Waals surface area contributed by atoms with E-state index in [1.165, 1.54) is 11.8 Å². The number of hydrogen-bond donors (Lipinski definition) is 1. The number of rotatable bonds is 6. The second kappa shape index (κ2) is 7.61. The lowest BCUT2D eigenvalue weighted by atomic mass is 10.3. The number of carbonyl (C=O) groups excluding carboxylic acids is 1. The minimum absolute atomic E-state index is 0.0447. The Hall–Kier alpha value is -2.16. The molecule has 0 aliphatic carbocycles. The number of amides is 1. The quantitative estimate of drug-likeness (QED) is 0.473. The fourth-order valence-electron chi connectivity index (χ4n) is 2.36. The molecule has 132 valence electrons. The normalized spacial score (nSPS) is 11.1. The minimum Gasteiger partial charge on any atom is -0.431 e. The van der Waals surface area contributed by atoms with Crippen molar-refractivity contribution in [3.8, 4) is 10.6 Å². The molecule has 4 aromatic rings. The Bertz CT molecular complexity index is 1020. The summed E-state index contributed by atoms with van der Waals surface area (Å²) in [7, 11) is 0. The van der Waals surface area contributed by atoms with Crippen LogP contribution < -0.4 is 5.32 Å². The lowest BCUT2D eigenvalue weighted by molar-refractivity contribution is -0.118. The van der Waals surface area contributed by atoms with Crippen LogP contribution in [-0.2, 0) is 11.3 Å². The van der Waals surface area contributed by atoms with E-state index in [1.807, 2.05) is 43.3 Å². The van der Waals surface area contributed by atoms with Gasteiger partial charge in [-0.3, -0.25) is 4.79 Å². The molecule has 1 aromatic carbocycles. The zero-order valence-electron chi connectivity index (χ0n) is 13.9. The number of hydrogen-bond acceptors (Lipinski definition) is 7. The molecule has 3 heterocycles. The highest BCUT2D eigenvalue weighted by molar-refractivity contribution is 7.99. The Morgan fingerprint density at radius 1 is 1.23 bits per heavy atom. The Morgan fingerprint density at radius 3 is 2.92 bits per heavy atom. The summed E-state index contributed by atoms with van der Waals surface area (Å²) in [6, 6.07) is 11.6. The fraction of sp³-hybridized carbons (Fsp3) is 0.167. The molecule has 0 bridgehead atoms. The van der Waals surface area contributed by atoms with E-state index in [2.05, 4.69) is 20.7 Å². The third-order valence-electron chi connectivity index (χ3n) is 3.59. The highest BCUT2D eigenvalue weighted by Crippen LogP contribution is 2.29. The summed E-state index contributed by atoms with van der Waals surface area (Å²) in [5.41, 5.74) is 2.54. The van der Waals surface area contributed by atoms with Crippen LogP contribution in [0.5, 0.6) is 0 Å². The summed E-state index contributed by atoms with van der Waals surface area (Å²) >= 11 is 4.59. The fourth-order valence-corrected chi connectivity index (χ4v) is 4.63. The van der Waals surface area contributed by atoms with Crippen molar-refractivity contribution in [2.45, 2.75) is 18.7 Å². The molecular weight excluding hydrogens is 386 g/mol. The van der Waals surface area contributed by atoms with E-state index < -0.39 is 0 Å². The first-order valence-electron chi connectivity index (χ1n) is 7.94. The van der Waals surface area contributed by atoms with Gasteiger partial charge >= 0.3 is 0 Å². The maximum Gasteiger partial charge on any atom is 0.257 e. The van der Waals surface area contributed by atoms with Crippen LogP contribution in [0.3, 0.4) is 0 Å². The molecule has 8 heteroatoms. The monoisotopic (exact) mass is 401 g/mol. The van der Waals surface area contributed by atoms with Crippen molar-refractivity contribution in [2.75, 3.05) is 5.75 Å². The van der Waals surface area contributed by atoms with Gasteiger partial charge < -0.3 is 9.73 Å². The van der Waals surface area contributed by atoms with E-state index in [0.717, 1.165) is 31.6 Å². The molecule has 0 aliphatic heterocycles. The molecule has 4 rings (SSSR count). The number of para-hydroxylation sites is 2. The maximum absolute atomic E-state index is 12.1. The molecule has 0 unspecified atom stereocenters. The van der Waals surface area contributed by atoms with Crippen molar-refractivity contribution in [1.82, 2.24) is 15.3 Å². The number of nitrogens with zero attached hydrogens (tertiary/aromatic N) is 2. The number of aromatic nitrogens is 2. The lowest BCUT2D eigenvalue weighted by Crippen LogP contribution is -2.24. The average molecular weight is 402 g/mol. The second-order valence-corrected chi connectivity index (χ2v) is 8.69. The number of thiophene rings is 1. The van der Waals surface area contributed by atoms with Crippen molar-refractivity contribution in [3.63, 3.8) is 0 Å². The summed E-state index contributed by atoms with van der Waals surface area (Å²) in [4.78, 5) is 23.2. The van der Waals surface area contributed by atoms with Crippen LogP contribution in [0.4, 0.5) is 0 Å². The Kier molecular flexibility index (Phi) is 5.05. The van der Waals surface area contributed by atoms with Gasteiger partial charge in [-0.2, -0.15) is 0 Å². The average Bonchev–Trinajstić information content (AvgIpc) is 3.36. The first-order valence-corrected chi connectivity index (χ1v) is 10.6. The molecule has 1 amide bonds. The summed E-state index contributed by atoms with van der Waals surface area (Å²) in [5, 5.41) is 6.56. The SMILES string of the molecule is Cc1nc(-c2ccc(CNC(=O)CSc3nc4ccccc4o3)s2)cs1. The Morgan fingerprint density at radius 2 is 2.12 bits per heavy atom. The van der Waals surface area contributed by atoms with Gasteiger partial charge in [0.05, 0.1) is 27.9 Å². The number of thioether (sulfide) groups is 1. The van der Waals surface area contributed by atoms with Gasteiger partial charge in [-0.1, -0.05) is 23.9 Å². The van der Waals surface area contributed by atoms with Gasteiger partial charge in [0.15, 0.2) is 5.58 Å². The summed E-state index contributed by atoms with van der Waals surface area (Å²) in [5.74, 6) is 0.229. The molecule has 0 spiro atoms. The molecule has 0 saturated carbocycles. The molecule has 0 saturated heterocycles. The topological polar surface area (TPSA) is 68.0 Å². The number of fused-ring (bicyclic) bond motifs is 1. The van der Waals surface area contributed by atoms with Crippen molar-refractivity contribution in [1.29, 1.82) is 0 Å². The Labute approximate surface area is 162 Å². The van der Waals surface area contributed by atoms with Crippen molar-refractivity contribution >= 4 is 51.4 Å². The number of carbonyl (C=O) groups is 1. The van der Waals surface area contributed by atoms with E-state index >= 15 is 0 Å². The van der Waals surface area contributed by atoms with Gasteiger partial charge in [-0.15, -0.1) is 22.7 Å². The third kappa shape index (κ3) is 3.98. The maximum atomic E-state index is 12.1. The molecule has 5 nitrogen and oxygen atoms in total.